The minimum atomic E-state index is -1.41. The van der Waals surface area contributed by atoms with E-state index in [4.69, 9.17) is 23.7 Å². The predicted molar refractivity (Wildman–Crippen MR) is 73.8 cm³/mol. The zero-order valence-corrected chi connectivity index (χ0v) is 13.6. The summed E-state index contributed by atoms with van der Waals surface area (Å²) in [6.07, 6.45) is -2.65. The van der Waals surface area contributed by atoms with Gasteiger partial charge in [0.1, 0.15) is 30.2 Å². The molecule has 0 aliphatic carbocycles. The van der Waals surface area contributed by atoms with Crippen molar-refractivity contribution in [3.63, 3.8) is 0 Å². The number of carbonyl (C=O) groups excluding carboxylic acids is 1. The van der Waals surface area contributed by atoms with Gasteiger partial charge in [0.15, 0.2) is 11.6 Å². The molecule has 3 aliphatic heterocycles. The smallest absolute Gasteiger partial charge is 0.227 e. The van der Waals surface area contributed by atoms with Gasteiger partial charge in [0.25, 0.3) is 0 Å². The maximum Gasteiger partial charge on any atom is 0.227 e. The van der Waals surface area contributed by atoms with E-state index < -0.39 is 41.8 Å². The van der Waals surface area contributed by atoms with E-state index in [-0.39, 0.29) is 12.2 Å². The van der Waals surface area contributed by atoms with Crippen LogP contribution in [0.4, 0.5) is 0 Å². The highest BCUT2D eigenvalue weighted by molar-refractivity contribution is 5.76. The maximum absolute atomic E-state index is 11.4. The van der Waals surface area contributed by atoms with Crippen molar-refractivity contribution >= 4 is 5.78 Å². The molecule has 0 amide bonds. The Hall–Kier alpha value is -0.570. The van der Waals surface area contributed by atoms with Crippen LogP contribution in [0.1, 0.15) is 41.0 Å². The number of hydrogen-bond donors (Lipinski definition) is 1. The molecule has 3 heterocycles. The van der Waals surface area contributed by atoms with Crippen molar-refractivity contribution < 1.29 is 33.6 Å². The fraction of sp³-hybridized carbons (Fsp3) is 0.933. The summed E-state index contributed by atoms with van der Waals surface area (Å²) in [5.41, 5.74) is 0. The third-order valence-electron chi connectivity index (χ3n) is 4.17. The molecule has 0 radical (unpaired) electrons. The molecule has 0 bridgehead atoms. The molecule has 3 saturated heterocycles. The Balaban J connectivity index is 1.91. The fourth-order valence-electron chi connectivity index (χ4n) is 3.40. The molecule has 5 atom stereocenters. The van der Waals surface area contributed by atoms with Crippen LogP contribution in [0.2, 0.25) is 0 Å². The molecule has 22 heavy (non-hydrogen) atoms. The van der Waals surface area contributed by atoms with E-state index in [0.29, 0.717) is 6.61 Å². The van der Waals surface area contributed by atoms with E-state index in [9.17, 15) is 9.90 Å². The monoisotopic (exact) mass is 316 g/mol. The average Bonchev–Trinajstić information content (AvgIpc) is 2.77. The number of fused-ring (bicyclic) bond motifs is 3. The molecule has 0 saturated carbocycles. The van der Waals surface area contributed by atoms with Crippen LogP contribution in [0.15, 0.2) is 0 Å². The van der Waals surface area contributed by atoms with Gasteiger partial charge in [0.2, 0.25) is 5.79 Å². The first-order chi connectivity index (χ1) is 10.0. The van der Waals surface area contributed by atoms with Gasteiger partial charge in [-0.05, 0) is 34.6 Å². The highest BCUT2D eigenvalue weighted by atomic mass is 16.9. The Bertz CT molecular complexity index is 475. The minimum Gasteiger partial charge on any atom is -0.387 e. The molecule has 0 aromatic heterocycles. The SMILES string of the molecule is CC(=O)C[C@@H](O)[C@@]12O[C@H]3COC(C)(C)O[C@H]3[C@@H]1OC(C)(C)O2. The molecule has 1 N–H and O–H groups in total. The van der Waals surface area contributed by atoms with E-state index in [1.807, 2.05) is 13.8 Å². The van der Waals surface area contributed by atoms with Gasteiger partial charge >= 0.3 is 0 Å². The van der Waals surface area contributed by atoms with E-state index >= 15 is 0 Å². The number of rotatable bonds is 3. The number of aliphatic hydroxyl groups excluding tert-OH is 1. The zero-order chi connectivity index (χ0) is 16.3. The Morgan fingerprint density at radius 1 is 1.18 bits per heavy atom. The molecule has 3 aliphatic rings. The number of carbonyl (C=O) groups is 1. The second-order valence-corrected chi connectivity index (χ2v) is 7.13. The lowest BCUT2D eigenvalue weighted by Gasteiger charge is -2.38. The summed E-state index contributed by atoms with van der Waals surface area (Å²) in [5, 5.41) is 10.5. The number of hydrogen-bond acceptors (Lipinski definition) is 7. The van der Waals surface area contributed by atoms with E-state index in [1.165, 1.54) is 6.92 Å². The fourth-order valence-corrected chi connectivity index (χ4v) is 3.40. The lowest BCUT2D eigenvalue weighted by Crippen LogP contribution is -2.53. The van der Waals surface area contributed by atoms with Gasteiger partial charge in [0, 0.05) is 6.42 Å². The summed E-state index contributed by atoms with van der Waals surface area (Å²) in [6.45, 7) is 8.86. The van der Waals surface area contributed by atoms with Crippen LogP contribution in [0, 0.1) is 0 Å². The van der Waals surface area contributed by atoms with Crippen molar-refractivity contribution in [2.45, 2.75) is 82.8 Å². The molecule has 126 valence electrons. The van der Waals surface area contributed by atoms with Crippen LogP contribution in [0.3, 0.4) is 0 Å². The summed E-state index contributed by atoms with van der Waals surface area (Å²) in [5.74, 6) is -3.25. The van der Waals surface area contributed by atoms with Gasteiger partial charge in [-0.2, -0.15) is 0 Å². The minimum absolute atomic E-state index is 0.0698. The molecule has 0 unspecified atom stereocenters. The van der Waals surface area contributed by atoms with Gasteiger partial charge in [0.05, 0.1) is 6.61 Å². The van der Waals surface area contributed by atoms with Crippen molar-refractivity contribution in [1.82, 2.24) is 0 Å². The lowest BCUT2D eigenvalue weighted by atomic mass is 9.96. The van der Waals surface area contributed by atoms with Crippen LogP contribution >= 0.6 is 0 Å². The van der Waals surface area contributed by atoms with E-state index in [1.54, 1.807) is 13.8 Å². The first-order valence-corrected chi connectivity index (χ1v) is 7.60. The highest BCUT2D eigenvalue weighted by Crippen LogP contribution is 2.50. The first-order valence-electron chi connectivity index (χ1n) is 7.60. The largest absolute Gasteiger partial charge is 0.387 e. The normalized spacial score (nSPS) is 43.5. The quantitative estimate of drug-likeness (QED) is 0.821. The van der Waals surface area contributed by atoms with Gasteiger partial charge in [-0.1, -0.05) is 0 Å². The van der Waals surface area contributed by atoms with Crippen LogP contribution in [-0.2, 0) is 28.5 Å². The summed E-state index contributed by atoms with van der Waals surface area (Å²) in [7, 11) is 0. The molecule has 3 rings (SSSR count). The summed E-state index contributed by atoms with van der Waals surface area (Å²) < 4.78 is 29.3. The van der Waals surface area contributed by atoms with E-state index in [0.717, 1.165) is 0 Å². The summed E-state index contributed by atoms with van der Waals surface area (Å²) in [6, 6.07) is 0. The Kier molecular flexibility index (Phi) is 3.67. The van der Waals surface area contributed by atoms with Crippen LogP contribution in [0.25, 0.3) is 0 Å². The third kappa shape index (κ3) is 2.60. The molecule has 7 nitrogen and oxygen atoms in total. The second kappa shape index (κ2) is 4.96. The van der Waals surface area contributed by atoms with Crippen molar-refractivity contribution in [2.24, 2.45) is 0 Å². The molecule has 0 aromatic carbocycles. The molecule has 0 aromatic rings. The standard InChI is InChI=1S/C15H24O7/c1-8(16)6-10(17)15-12(21-14(4,5)22-15)11-9(19-15)7-18-13(2,3)20-11/h9-12,17H,6-7H2,1-5H3/t9-,10+,11+,12-,15-/m0/s1. The van der Waals surface area contributed by atoms with Crippen LogP contribution in [0.5, 0.6) is 0 Å². The Morgan fingerprint density at radius 3 is 2.50 bits per heavy atom. The van der Waals surface area contributed by atoms with Gasteiger partial charge in [-0.3, -0.25) is 4.79 Å². The molecular formula is C15H24O7. The predicted octanol–water partition coefficient (Wildman–Crippen LogP) is 0.724. The molecule has 3 fully saturated rings. The second-order valence-electron chi connectivity index (χ2n) is 7.13. The number of aliphatic hydroxyl groups is 1. The van der Waals surface area contributed by atoms with E-state index in [2.05, 4.69) is 0 Å². The Labute approximate surface area is 129 Å². The maximum atomic E-state index is 11.4. The molecular weight excluding hydrogens is 292 g/mol. The average molecular weight is 316 g/mol. The van der Waals surface area contributed by atoms with Crippen molar-refractivity contribution in [2.75, 3.05) is 6.61 Å². The van der Waals surface area contributed by atoms with Crippen molar-refractivity contribution in [3.8, 4) is 0 Å². The number of ether oxygens (including phenoxy) is 5. The topological polar surface area (TPSA) is 83.5 Å². The number of Topliss-reactive ketones (excluding diaryl/α,β-unsaturated/α-hetero) is 1. The van der Waals surface area contributed by atoms with Crippen molar-refractivity contribution in [3.05, 3.63) is 0 Å². The van der Waals surface area contributed by atoms with Gasteiger partial charge in [-0.15, -0.1) is 0 Å². The lowest BCUT2D eigenvalue weighted by molar-refractivity contribution is -0.335. The highest BCUT2D eigenvalue weighted by Gasteiger charge is 2.69. The molecule has 0 spiro atoms. The summed E-state index contributed by atoms with van der Waals surface area (Å²) in [4.78, 5) is 11.4. The van der Waals surface area contributed by atoms with Crippen LogP contribution < -0.4 is 0 Å². The molecule has 7 heteroatoms. The zero-order valence-electron chi connectivity index (χ0n) is 13.6. The van der Waals surface area contributed by atoms with Crippen molar-refractivity contribution in [1.29, 1.82) is 0 Å². The van der Waals surface area contributed by atoms with Crippen LogP contribution in [-0.4, -0.2) is 59.3 Å². The van der Waals surface area contributed by atoms with Gasteiger partial charge in [-0.25, -0.2) is 0 Å². The number of ketones is 1. The Morgan fingerprint density at radius 2 is 1.86 bits per heavy atom. The third-order valence-corrected chi connectivity index (χ3v) is 4.17. The first kappa shape index (κ1) is 16.3. The van der Waals surface area contributed by atoms with Gasteiger partial charge < -0.3 is 28.8 Å². The summed E-state index contributed by atoms with van der Waals surface area (Å²) >= 11 is 0.